The first-order valence-electron chi connectivity index (χ1n) is 13.8. The molecule has 17 heteroatoms. The zero-order valence-electron chi connectivity index (χ0n) is 24.1. The molecule has 7 unspecified atom stereocenters. The third-order valence-electron chi connectivity index (χ3n) is 7.21. The molecule has 2 aromatic rings. The summed E-state index contributed by atoms with van der Waals surface area (Å²) in [5.41, 5.74) is -1.85. The molecule has 234 valence electrons. The van der Waals surface area contributed by atoms with Gasteiger partial charge in [-0.2, -0.15) is 0 Å². The van der Waals surface area contributed by atoms with Gasteiger partial charge in [0.15, 0.2) is 0 Å². The second kappa shape index (κ2) is 13.8. The molecule has 0 bridgehead atoms. The molecule has 2 aromatic heterocycles. The number of esters is 1. The Morgan fingerprint density at radius 2 is 1.44 bits per heavy atom. The van der Waals surface area contributed by atoms with E-state index < -0.39 is 73.6 Å². The number of Topliss-reactive ketones (excluding diaryl/α,β-unsaturated/α-hetero) is 1. The first kappa shape index (κ1) is 32.4. The first-order chi connectivity index (χ1) is 20.4. The second-order valence-electron chi connectivity index (χ2n) is 10.5. The fourth-order valence-electron chi connectivity index (χ4n) is 4.87. The molecule has 2 saturated heterocycles. The van der Waals surface area contributed by atoms with E-state index in [-0.39, 0.29) is 43.6 Å². The van der Waals surface area contributed by atoms with Crippen molar-refractivity contribution in [3.05, 3.63) is 65.2 Å². The molecule has 0 aromatic carbocycles. The number of carbonyl (C=O) groups excluding carboxylic acids is 2. The third-order valence-corrected chi connectivity index (χ3v) is 8.01. The minimum absolute atomic E-state index is 0.0108. The summed E-state index contributed by atoms with van der Waals surface area (Å²) in [6, 6.07) is 0. The topological polar surface area (TPSA) is 207 Å². The Labute approximate surface area is 245 Å². The number of carbonyl (C=O) groups is 2. The number of H-pyrrole nitrogens is 2. The fraction of sp³-hybridized carbons (Fsp3) is 0.615. The lowest BCUT2D eigenvalue weighted by Gasteiger charge is -2.16. The minimum atomic E-state index is -2.74. The maximum absolute atomic E-state index is 12.9. The van der Waals surface area contributed by atoms with Crippen molar-refractivity contribution < 1.29 is 37.4 Å². The number of aromatic nitrogens is 4. The van der Waals surface area contributed by atoms with Crippen LogP contribution in [0.3, 0.4) is 0 Å². The van der Waals surface area contributed by atoms with Crippen molar-refractivity contribution in [2.75, 3.05) is 6.61 Å². The van der Waals surface area contributed by atoms with Crippen molar-refractivity contribution in [2.45, 2.75) is 96.7 Å². The molecule has 0 spiro atoms. The summed E-state index contributed by atoms with van der Waals surface area (Å²) >= 11 is 0. The Kier molecular flexibility index (Phi) is 10.4. The van der Waals surface area contributed by atoms with Gasteiger partial charge in [-0.25, -0.2) is 9.59 Å². The average molecular weight is 626 g/mol. The van der Waals surface area contributed by atoms with Gasteiger partial charge in [0.1, 0.15) is 43.2 Å². The highest BCUT2D eigenvalue weighted by Gasteiger charge is 2.45. The molecule has 4 rings (SSSR count). The van der Waals surface area contributed by atoms with Gasteiger partial charge in [0.2, 0.25) is 0 Å². The van der Waals surface area contributed by atoms with Crippen LogP contribution in [0.5, 0.6) is 0 Å². The monoisotopic (exact) mass is 625 g/mol. The molecule has 4 heterocycles. The first-order valence-corrected chi connectivity index (χ1v) is 14.9. The van der Waals surface area contributed by atoms with Crippen LogP contribution in [-0.4, -0.2) is 61.9 Å². The molecule has 0 aliphatic carbocycles. The minimum Gasteiger partial charge on any atom is -0.459 e. The Morgan fingerprint density at radius 1 is 0.907 bits per heavy atom. The Morgan fingerprint density at radius 3 is 1.98 bits per heavy atom. The van der Waals surface area contributed by atoms with Gasteiger partial charge in [-0.15, -0.1) is 9.05 Å². The maximum Gasteiger partial charge on any atom is 0.697 e. The van der Waals surface area contributed by atoms with E-state index >= 15 is 0 Å². The Hall–Kier alpha value is -3.56. The van der Waals surface area contributed by atoms with Crippen LogP contribution in [-0.2, 0) is 37.4 Å². The van der Waals surface area contributed by atoms with Crippen LogP contribution in [0.15, 0.2) is 31.6 Å². The Balaban J connectivity index is 1.42. The number of nitrogens with zero attached hydrogens (tertiary/aromatic N) is 2. The number of hydrogen-bond acceptors (Lipinski definition) is 12. The van der Waals surface area contributed by atoms with Gasteiger partial charge in [0.25, 0.3) is 11.1 Å². The molecule has 16 nitrogen and oxygen atoms in total. The van der Waals surface area contributed by atoms with Crippen LogP contribution < -0.4 is 22.5 Å². The number of aryl methyl sites for hydroxylation is 2. The van der Waals surface area contributed by atoms with E-state index in [2.05, 4.69) is 9.97 Å². The lowest BCUT2D eigenvalue weighted by molar-refractivity contribution is -0.153. The van der Waals surface area contributed by atoms with Crippen molar-refractivity contribution in [1.29, 1.82) is 0 Å². The van der Waals surface area contributed by atoms with Crippen molar-refractivity contribution >= 4 is 20.0 Å². The molecule has 0 saturated carbocycles. The highest BCUT2D eigenvalue weighted by molar-refractivity contribution is 7.33. The number of nitrogens with one attached hydrogen (secondary N) is 2. The van der Waals surface area contributed by atoms with Crippen molar-refractivity contribution in [3.8, 4) is 0 Å². The lowest BCUT2D eigenvalue weighted by atomic mass is 10.1. The number of aromatic amines is 2. The van der Waals surface area contributed by atoms with Crippen LogP contribution >= 0.6 is 8.25 Å². The predicted molar refractivity (Wildman–Crippen MR) is 148 cm³/mol. The van der Waals surface area contributed by atoms with Gasteiger partial charge in [-0.3, -0.25) is 33.5 Å². The fourth-order valence-corrected chi connectivity index (χ4v) is 5.64. The van der Waals surface area contributed by atoms with Crippen LogP contribution in [0.4, 0.5) is 0 Å². The second-order valence-corrected chi connectivity index (χ2v) is 11.4. The average Bonchev–Trinajstić information content (AvgIpc) is 3.53. The van der Waals surface area contributed by atoms with E-state index in [4.69, 9.17) is 23.3 Å². The van der Waals surface area contributed by atoms with Gasteiger partial charge in [-0.1, -0.05) is 6.92 Å². The Bertz CT molecular complexity index is 1610. The lowest BCUT2D eigenvalue weighted by Crippen LogP contribution is -2.33. The normalized spacial score (nSPS) is 25.5. The van der Waals surface area contributed by atoms with E-state index in [0.29, 0.717) is 12.0 Å². The molecule has 2 fully saturated rings. The van der Waals surface area contributed by atoms with Crippen LogP contribution in [0, 0.1) is 13.8 Å². The van der Waals surface area contributed by atoms with Gasteiger partial charge in [0.05, 0.1) is 12.5 Å². The van der Waals surface area contributed by atoms with Crippen molar-refractivity contribution in [2.24, 2.45) is 0 Å². The van der Waals surface area contributed by atoms with Gasteiger partial charge < -0.3 is 19.0 Å². The molecular formula is C26H34N4O12P+. The molecule has 2 aliphatic rings. The number of rotatable bonds is 12. The van der Waals surface area contributed by atoms with E-state index in [1.165, 1.54) is 30.8 Å². The summed E-state index contributed by atoms with van der Waals surface area (Å²) in [5.74, 6) is -0.848. The summed E-state index contributed by atoms with van der Waals surface area (Å²) in [7, 11) is -2.74. The summed E-state index contributed by atoms with van der Waals surface area (Å²) in [6.45, 7) is 5.90. The predicted octanol–water partition coefficient (Wildman–Crippen LogP) is 1.03. The van der Waals surface area contributed by atoms with Gasteiger partial charge >= 0.3 is 25.6 Å². The number of ketones is 1. The van der Waals surface area contributed by atoms with E-state index in [1.54, 1.807) is 6.92 Å². The molecule has 0 amide bonds. The van der Waals surface area contributed by atoms with Crippen LogP contribution in [0.2, 0.25) is 0 Å². The van der Waals surface area contributed by atoms with Gasteiger partial charge in [0, 0.05) is 47.3 Å². The standard InChI is InChI=1S/C26H33N4O12P/c1-5-16-18(9-21(39-16)30-11-14(3)24(34)28-26(30)36)42-43(37)38-12-19-17(41-22(32)7-6-15(4)31)8-20(40-19)29-10-13(2)23(33)27-25(29)35/h10-11,16-21H,5-9,12H2,1-4H3,(H-,27,28,33,34,35,36)/p+1. The molecule has 2 aliphatic heterocycles. The molecule has 2 N–H and O–H groups in total. The largest absolute Gasteiger partial charge is 0.697 e. The van der Waals surface area contributed by atoms with Gasteiger partial charge in [-0.05, 0) is 27.2 Å². The summed E-state index contributed by atoms with van der Waals surface area (Å²) < 4.78 is 43.7. The molecular weight excluding hydrogens is 591 g/mol. The highest BCUT2D eigenvalue weighted by Crippen LogP contribution is 2.39. The summed E-state index contributed by atoms with van der Waals surface area (Å²) in [6.07, 6.45) is -1.64. The van der Waals surface area contributed by atoms with Crippen LogP contribution in [0.1, 0.15) is 69.5 Å². The third kappa shape index (κ3) is 7.89. The van der Waals surface area contributed by atoms with Crippen LogP contribution in [0.25, 0.3) is 0 Å². The quantitative estimate of drug-likeness (QED) is 0.250. The zero-order chi connectivity index (χ0) is 31.4. The number of ether oxygens (including phenoxy) is 3. The molecule has 43 heavy (non-hydrogen) atoms. The van der Waals surface area contributed by atoms with Crippen molar-refractivity contribution in [3.63, 3.8) is 0 Å². The van der Waals surface area contributed by atoms with E-state index in [1.807, 2.05) is 6.92 Å². The molecule has 0 radical (unpaired) electrons. The smallest absolute Gasteiger partial charge is 0.459 e. The van der Waals surface area contributed by atoms with E-state index in [0.717, 1.165) is 4.57 Å². The highest BCUT2D eigenvalue weighted by atomic mass is 31.1. The SMILES string of the molecule is CCC1OC(n2cc(C)c(=O)[nH]c2=O)CC1O[P+](=O)OCC1OC(n2cc(C)c(=O)[nH]c2=O)CC1OC(=O)CCC(C)=O. The zero-order valence-corrected chi connectivity index (χ0v) is 25.0. The maximum atomic E-state index is 12.9. The van der Waals surface area contributed by atoms with Crippen molar-refractivity contribution in [1.82, 2.24) is 19.1 Å². The summed E-state index contributed by atoms with van der Waals surface area (Å²) in [4.78, 5) is 76.4. The number of hydrogen-bond donors (Lipinski definition) is 2. The van der Waals surface area contributed by atoms with E-state index in [9.17, 15) is 33.3 Å². The summed E-state index contributed by atoms with van der Waals surface area (Å²) in [5, 5.41) is 0. The molecule has 7 atom stereocenters.